The highest BCUT2D eigenvalue weighted by molar-refractivity contribution is 6.40. The molecular weight excluding hydrogens is 275 g/mol. The molecule has 0 unspecified atom stereocenters. The number of aliphatic hydroxyl groups is 1. The van der Waals surface area contributed by atoms with E-state index in [4.69, 9.17) is 16.7 Å². The van der Waals surface area contributed by atoms with E-state index >= 15 is 0 Å². The van der Waals surface area contributed by atoms with Gasteiger partial charge in [0, 0.05) is 5.69 Å². The number of hydrogen-bond acceptors (Lipinski definition) is 3. The van der Waals surface area contributed by atoms with Crippen molar-refractivity contribution in [1.82, 2.24) is 5.32 Å². The minimum atomic E-state index is -0.908. The zero-order valence-electron chi connectivity index (χ0n) is 10.2. The molecule has 0 aliphatic rings. The maximum Gasteiger partial charge on any atom is 0.313 e. The van der Waals surface area contributed by atoms with E-state index in [1.807, 2.05) is 0 Å². The topological polar surface area (TPSA) is 78.4 Å². The highest BCUT2D eigenvalue weighted by Crippen LogP contribution is 2.19. The van der Waals surface area contributed by atoms with Crippen molar-refractivity contribution in [3.63, 3.8) is 0 Å². The monoisotopic (exact) mass is 288 g/mol. The quantitative estimate of drug-likeness (QED) is 0.731. The Hall–Kier alpha value is -1.66. The van der Waals surface area contributed by atoms with Crippen molar-refractivity contribution in [2.45, 2.75) is 19.4 Å². The van der Waals surface area contributed by atoms with Crippen LogP contribution in [-0.2, 0) is 9.59 Å². The molecule has 1 aromatic rings. The summed E-state index contributed by atoms with van der Waals surface area (Å²) in [5.74, 6) is -2.40. The van der Waals surface area contributed by atoms with E-state index in [0.29, 0.717) is 6.42 Å². The number of anilines is 1. The molecule has 0 heterocycles. The molecule has 5 nitrogen and oxygen atoms in total. The maximum atomic E-state index is 12.9. The molecule has 0 saturated carbocycles. The van der Waals surface area contributed by atoms with Gasteiger partial charge >= 0.3 is 11.8 Å². The largest absolute Gasteiger partial charge is 0.394 e. The summed E-state index contributed by atoms with van der Waals surface area (Å²) < 4.78 is 12.9. The zero-order valence-corrected chi connectivity index (χ0v) is 11.0. The summed E-state index contributed by atoms with van der Waals surface area (Å²) in [5, 5.41) is 13.4. The third-order valence-electron chi connectivity index (χ3n) is 2.43. The summed E-state index contributed by atoms with van der Waals surface area (Å²) in [6, 6.07) is 3.09. The molecule has 7 heteroatoms. The Morgan fingerprint density at radius 2 is 2.11 bits per heavy atom. The number of hydrogen-bond donors (Lipinski definition) is 3. The number of halogens is 2. The van der Waals surface area contributed by atoms with Crippen LogP contribution in [0.25, 0.3) is 0 Å². The highest BCUT2D eigenvalue weighted by Gasteiger charge is 2.17. The summed E-state index contributed by atoms with van der Waals surface area (Å²) in [7, 11) is 0. The molecule has 0 aliphatic carbocycles. The second-order valence-electron chi connectivity index (χ2n) is 3.84. The molecule has 0 aliphatic heterocycles. The molecule has 2 amide bonds. The molecule has 0 fully saturated rings. The molecule has 0 spiro atoms. The highest BCUT2D eigenvalue weighted by atomic mass is 35.5. The molecule has 1 aromatic carbocycles. The standard InChI is InChI=1S/C12H14ClFN2O3/c1-2-7(6-17)15-11(18)12(19)16-8-3-4-10(14)9(13)5-8/h3-5,7,17H,2,6H2,1H3,(H,15,18)(H,16,19)/t7-/m1/s1. The van der Waals surface area contributed by atoms with E-state index in [-0.39, 0.29) is 17.3 Å². The summed E-state index contributed by atoms with van der Waals surface area (Å²) >= 11 is 5.55. The van der Waals surface area contributed by atoms with E-state index in [9.17, 15) is 14.0 Å². The van der Waals surface area contributed by atoms with Gasteiger partial charge in [-0.25, -0.2) is 4.39 Å². The molecule has 0 radical (unpaired) electrons. The number of carbonyl (C=O) groups is 2. The second-order valence-corrected chi connectivity index (χ2v) is 4.25. The number of aliphatic hydroxyl groups excluding tert-OH is 1. The predicted molar refractivity (Wildman–Crippen MR) is 69.3 cm³/mol. The first-order valence-corrected chi connectivity index (χ1v) is 6.03. The Morgan fingerprint density at radius 1 is 1.42 bits per heavy atom. The van der Waals surface area contributed by atoms with Gasteiger partial charge in [0.25, 0.3) is 0 Å². The molecule has 3 N–H and O–H groups in total. The van der Waals surface area contributed by atoms with Crippen LogP contribution in [0.1, 0.15) is 13.3 Å². The zero-order chi connectivity index (χ0) is 14.4. The van der Waals surface area contributed by atoms with Crippen LogP contribution in [0.4, 0.5) is 10.1 Å². The normalized spacial score (nSPS) is 11.8. The Balaban J connectivity index is 2.63. The number of carbonyl (C=O) groups excluding carboxylic acids is 2. The third kappa shape index (κ3) is 4.50. The average Bonchev–Trinajstić information content (AvgIpc) is 2.39. The van der Waals surface area contributed by atoms with Crippen LogP contribution >= 0.6 is 11.6 Å². The van der Waals surface area contributed by atoms with Crippen molar-refractivity contribution in [1.29, 1.82) is 0 Å². The lowest BCUT2D eigenvalue weighted by atomic mass is 10.2. The summed E-state index contributed by atoms with van der Waals surface area (Å²) in [5.41, 5.74) is 0.212. The van der Waals surface area contributed by atoms with Crippen molar-refractivity contribution in [2.75, 3.05) is 11.9 Å². The van der Waals surface area contributed by atoms with E-state index in [2.05, 4.69) is 10.6 Å². The first kappa shape index (κ1) is 15.4. The SMILES string of the molecule is CC[C@H](CO)NC(=O)C(=O)Nc1ccc(F)c(Cl)c1. The van der Waals surface area contributed by atoms with Gasteiger partial charge in [0.15, 0.2) is 0 Å². The fourth-order valence-electron chi connectivity index (χ4n) is 1.29. The number of benzene rings is 1. The molecule has 0 aromatic heterocycles. The number of amides is 2. The Kier molecular flexibility index (Phi) is 5.72. The van der Waals surface area contributed by atoms with Crippen molar-refractivity contribution in [2.24, 2.45) is 0 Å². The van der Waals surface area contributed by atoms with Crippen molar-refractivity contribution in [3.8, 4) is 0 Å². The van der Waals surface area contributed by atoms with E-state index in [1.54, 1.807) is 6.92 Å². The minimum absolute atomic E-state index is 0.153. The smallest absolute Gasteiger partial charge is 0.313 e. The van der Waals surface area contributed by atoms with Crippen LogP contribution in [0.15, 0.2) is 18.2 Å². The summed E-state index contributed by atoms with van der Waals surface area (Å²) in [4.78, 5) is 23.0. The molecule has 1 atom stereocenters. The lowest BCUT2D eigenvalue weighted by molar-refractivity contribution is -0.136. The first-order chi connectivity index (χ1) is 8.97. The fourth-order valence-corrected chi connectivity index (χ4v) is 1.47. The lowest BCUT2D eigenvalue weighted by Gasteiger charge is -2.13. The average molecular weight is 289 g/mol. The van der Waals surface area contributed by atoms with Crippen LogP contribution in [0.2, 0.25) is 5.02 Å². The van der Waals surface area contributed by atoms with Gasteiger partial charge in [-0.15, -0.1) is 0 Å². The van der Waals surface area contributed by atoms with Crippen molar-refractivity contribution in [3.05, 3.63) is 29.0 Å². The van der Waals surface area contributed by atoms with Gasteiger partial charge in [0.2, 0.25) is 0 Å². The van der Waals surface area contributed by atoms with Crippen LogP contribution < -0.4 is 10.6 Å². The predicted octanol–water partition coefficient (Wildman–Crippen LogP) is 1.30. The molecule has 19 heavy (non-hydrogen) atoms. The van der Waals surface area contributed by atoms with Gasteiger partial charge in [-0.2, -0.15) is 0 Å². The summed E-state index contributed by atoms with van der Waals surface area (Å²) in [6.07, 6.45) is 0.498. The Morgan fingerprint density at radius 3 is 2.63 bits per heavy atom. The van der Waals surface area contributed by atoms with Crippen LogP contribution in [0.3, 0.4) is 0 Å². The van der Waals surface area contributed by atoms with Gasteiger partial charge in [-0.1, -0.05) is 18.5 Å². The van der Waals surface area contributed by atoms with Gasteiger partial charge < -0.3 is 15.7 Å². The van der Waals surface area contributed by atoms with E-state index < -0.39 is 23.7 Å². The fraction of sp³-hybridized carbons (Fsp3) is 0.333. The van der Waals surface area contributed by atoms with Crippen LogP contribution in [-0.4, -0.2) is 29.6 Å². The number of nitrogens with one attached hydrogen (secondary N) is 2. The molecule has 0 saturated heterocycles. The van der Waals surface area contributed by atoms with Gasteiger partial charge in [-0.3, -0.25) is 9.59 Å². The van der Waals surface area contributed by atoms with Gasteiger partial charge in [0.1, 0.15) is 5.82 Å². The lowest BCUT2D eigenvalue weighted by Crippen LogP contribution is -2.43. The van der Waals surface area contributed by atoms with E-state index in [1.165, 1.54) is 12.1 Å². The second kappa shape index (κ2) is 7.06. The third-order valence-corrected chi connectivity index (χ3v) is 2.72. The molecule has 104 valence electrons. The first-order valence-electron chi connectivity index (χ1n) is 5.65. The van der Waals surface area contributed by atoms with Crippen LogP contribution in [0.5, 0.6) is 0 Å². The number of rotatable bonds is 4. The van der Waals surface area contributed by atoms with E-state index in [0.717, 1.165) is 6.07 Å². The molecular formula is C12H14ClFN2O3. The Bertz CT molecular complexity index is 478. The van der Waals surface area contributed by atoms with Crippen LogP contribution in [0, 0.1) is 5.82 Å². The van der Waals surface area contributed by atoms with Crippen molar-refractivity contribution < 1.29 is 19.1 Å². The van der Waals surface area contributed by atoms with Crippen molar-refractivity contribution >= 4 is 29.1 Å². The minimum Gasteiger partial charge on any atom is -0.394 e. The maximum absolute atomic E-state index is 12.9. The molecule has 0 bridgehead atoms. The molecule has 1 rings (SSSR count). The summed E-state index contributed by atoms with van der Waals surface area (Å²) in [6.45, 7) is 1.51. The van der Waals surface area contributed by atoms with Gasteiger partial charge in [0.05, 0.1) is 17.7 Å². The Labute approximate surface area is 114 Å². The van der Waals surface area contributed by atoms with Gasteiger partial charge in [-0.05, 0) is 24.6 Å².